The molecule has 1 aliphatic carbocycles. The Kier molecular flexibility index (Phi) is 4.62. The summed E-state index contributed by atoms with van der Waals surface area (Å²) >= 11 is 0. The van der Waals surface area contributed by atoms with Crippen molar-refractivity contribution < 1.29 is 4.39 Å². The molecule has 1 fully saturated rings. The quantitative estimate of drug-likeness (QED) is 0.843. The predicted molar refractivity (Wildman–Crippen MR) is 78.3 cm³/mol. The zero-order chi connectivity index (χ0) is 13.9. The van der Waals surface area contributed by atoms with Crippen LogP contribution in [0.15, 0.2) is 24.3 Å². The highest BCUT2D eigenvalue weighted by Crippen LogP contribution is 2.44. The van der Waals surface area contributed by atoms with Crippen molar-refractivity contribution in [2.45, 2.75) is 57.9 Å². The molecule has 1 aromatic rings. The van der Waals surface area contributed by atoms with Crippen molar-refractivity contribution in [1.82, 2.24) is 0 Å². The van der Waals surface area contributed by atoms with Gasteiger partial charge >= 0.3 is 0 Å². The molecule has 0 aliphatic heterocycles. The summed E-state index contributed by atoms with van der Waals surface area (Å²) in [6.45, 7) is 4.33. The van der Waals surface area contributed by atoms with E-state index in [2.05, 4.69) is 13.8 Å². The van der Waals surface area contributed by atoms with Gasteiger partial charge in [-0.2, -0.15) is 0 Å². The van der Waals surface area contributed by atoms with Crippen molar-refractivity contribution in [3.05, 3.63) is 35.6 Å². The largest absolute Gasteiger partial charge is 0.321 e. The van der Waals surface area contributed by atoms with Gasteiger partial charge in [-0.05, 0) is 30.7 Å². The Morgan fingerprint density at radius 3 is 2.53 bits per heavy atom. The molecule has 0 bridgehead atoms. The first-order valence-corrected chi connectivity index (χ1v) is 7.67. The Bertz CT molecular complexity index is 417. The summed E-state index contributed by atoms with van der Waals surface area (Å²) in [5, 5.41) is 0. The van der Waals surface area contributed by atoms with Crippen LogP contribution in [0.3, 0.4) is 0 Å². The van der Waals surface area contributed by atoms with E-state index in [1.807, 2.05) is 12.1 Å². The van der Waals surface area contributed by atoms with Crippen molar-refractivity contribution in [2.24, 2.45) is 17.6 Å². The van der Waals surface area contributed by atoms with Crippen LogP contribution >= 0.6 is 0 Å². The van der Waals surface area contributed by atoms with E-state index in [4.69, 9.17) is 5.73 Å². The lowest BCUT2D eigenvalue weighted by Crippen LogP contribution is -2.48. The van der Waals surface area contributed by atoms with Gasteiger partial charge in [0.25, 0.3) is 0 Å². The molecule has 3 atom stereocenters. The third kappa shape index (κ3) is 2.69. The first kappa shape index (κ1) is 14.5. The van der Waals surface area contributed by atoms with Crippen LogP contribution in [0.2, 0.25) is 0 Å². The molecule has 2 heteroatoms. The molecule has 2 N–H and O–H groups in total. The molecule has 0 amide bonds. The molecule has 0 aromatic heterocycles. The van der Waals surface area contributed by atoms with Crippen molar-refractivity contribution in [2.75, 3.05) is 0 Å². The highest BCUT2D eigenvalue weighted by atomic mass is 19.1. The number of benzene rings is 1. The van der Waals surface area contributed by atoms with Crippen LogP contribution in [-0.2, 0) is 5.54 Å². The van der Waals surface area contributed by atoms with Crippen LogP contribution in [0, 0.1) is 17.7 Å². The van der Waals surface area contributed by atoms with Gasteiger partial charge in [0.2, 0.25) is 0 Å². The number of halogens is 1. The molecule has 0 spiro atoms. The minimum Gasteiger partial charge on any atom is -0.321 e. The van der Waals surface area contributed by atoms with Gasteiger partial charge in [0.15, 0.2) is 0 Å². The standard InChI is InChI=1S/C17H26FN/c1-3-13-9-5-6-10-14(13)17(19,4-2)15-11-7-8-12-16(15)18/h7-8,11-14H,3-6,9-10,19H2,1-2H3. The van der Waals surface area contributed by atoms with E-state index < -0.39 is 5.54 Å². The molecule has 1 nitrogen and oxygen atoms in total. The fourth-order valence-corrected chi connectivity index (χ4v) is 3.87. The summed E-state index contributed by atoms with van der Waals surface area (Å²) in [5.74, 6) is 0.902. The molecule has 2 rings (SSSR count). The van der Waals surface area contributed by atoms with E-state index in [1.165, 1.54) is 25.3 Å². The van der Waals surface area contributed by atoms with E-state index in [9.17, 15) is 4.39 Å². The summed E-state index contributed by atoms with van der Waals surface area (Å²) in [7, 11) is 0. The van der Waals surface area contributed by atoms with E-state index in [0.717, 1.165) is 19.3 Å². The smallest absolute Gasteiger partial charge is 0.128 e. The van der Waals surface area contributed by atoms with Gasteiger partial charge in [0.05, 0.1) is 0 Å². The molecule has 0 heterocycles. The highest BCUT2D eigenvalue weighted by molar-refractivity contribution is 5.27. The average molecular weight is 263 g/mol. The van der Waals surface area contributed by atoms with Gasteiger partial charge in [0, 0.05) is 11.1 Å². The van der Waals surface area contributed by atoms with E-state index in [1.54, 1.807) is 6.07 Å². The Labute approximate surface area is 116 Å². The first-order chi connectivity index (χ1) is 9.13. The second-order valence-corrected chi connectivity index (χ2v) is 5.93. The fourth-order valence-electron chi connectivity index (χ4n) is 3.87. The summed E-state index contributed by atoms with van der Waals surface area (Å²) in [6.07, 6.45) is 6.86. The summed E-state index contributed by atoms with van der Waals surface area (Å²) in [5.41, 5.74) is 6.92. The molecule has 1 saturated carbocycles. The molecule has 1 aliphatic rings. The van der Waals surface area contributed by atoms with Crippen molar-refractivity contribution >= 4 is 0 Å². The Morgan fingerprint density at radius 2 is 1.89 bits per heavy atom. The van der Waals surface area contributed by atoms with Gasteiger partial charge in [-0.1, -0.05) is 57.7 Å². The van der Waals surface area contributed by atoms with Crippen molar-refractivity contribution in [3.8, 4) is 0 Å². The van der Waals surface area contributed by atoms with Gasteiger partial charge < -0.3 is 5.73 Å². The third-order valence-electron chi connectivity index (χ3n) is 5.06. The Hall–Kier alpha value is -0.890. The minimum atomic E-state index is -0.507. The lowest BCUT2D eigenvalue weighted by Gasteiger charge is -2.44. The average Bonchev–Trinajstić information content (AvgIpc) is 2.47. The van der Waals surface area contributed by atoms with Gasteiger partial charge in [-0.25, -0.2) is 4.39 Å². The number of nitrogens with two attached hydrogens (primary N) is 1. The molecular weight excluding hydrogens is 237 g/mol. The van der Waals surface area contributed by atoms with E-state index in [-0.39, 0.29) is 5.82 Å². The lowest BCUT2D eigenvalue weighted by molar-refractivity contribution is 0.119. The predicted octanol–water partition coefficient (Wildman–Crippen LogP) is 4.61. The maximum absolute atomic E-state index is 14.2. The molecule has 106 valence electrons. The first-order valence-electron chi connectivity index (χ1n) is 7.67. The summed E-state index contributed by atoms with van der Waals surface area (Å²) in [4.78, 5) is 0. The van der Waals surface area contributed by atoms with Crippen LogP contribution in [0.1, 0.15) is 57.9 Å². The second-order valence-electron chi connectivity index (χ2n) is 5.93. The SMILES string of the molecule is CCC1CCCCC1C(N)(CC)c1ccccc1F. The maximum atomic E-state index is 14.2. The normalized spacial score (nSPS) is 26.9. The topological polar surface area (TPSA) is 26.0 Å². The number of hydrogen-bond donors (Lipinski definition) is 1. The highest BCUT2D eigenvalue weighted by Gasteiger charge is 2.41. The molecular formula is C17H26FN. The molecule has 3 unspecified atom stereocenters. The van der Waals surface area contributed by atoms with Crippen molar-refractivity contribution in [1.29, 1.82) is 0 Å². The fraction of sp³-hybridized carbons (Fsp3) is 0.647. The Morgan fingerprint density at radius 1 is 1.21 bits per heavy atom. The molecule has 0 saturated heterocycles. The molecule has 0 radical (unpaired) electrons. The molecule has 19 heavy (non-hydrogen) atoms. The zero-order valence-electron chi connectivity index (χ0n) is 12.2. The second kappa shape index (κ2) is 6.04. The van der Waals surface area contributed by atoms with Crippen LogP contribution < -0.4 is 5.73 Å². The molecule has 1 aromatic carbocycles. The van der Waals surface area contributed by atoms with Crippen LogP contribution in [-0.4, -0.2) is 0 Å². The zero-order valence-corrected chi connectivity index (χ0v) is 12.2. The maximum Gasteiger partial charge on any atom is 0.128 e. The van der Waals surface area contributed by atoms with Crippen LogP contribution in [0.25, 0.3) is 0 Å². The van der Waals surface area contributed by atoms with Crippen LogP contribution in [0.4, 0.5) is 4.39 Å². The van der Waals surface area contributed by atoms with Crippen LogP contribution in [0.5, 0.6) is 0 Å². The van der Waals surface area contributed by atoms with Gasteiger partial charge in [0.1, 0.15) is 5.82 Å². The lowest BCUT2D eigenvalue weighted by atomic mass is 9.64. The summed E-state index contributed by atoms with van der Waals surface area (Å²) in [6, 6.07) is 7.06. The number of rotatable bonds is 4. The number of hydrogen-bond acceptors (Lipinski definition) is 1. The van der Waals surface area contributed by atoms with E-state index in [0.29, 0.717) is 17.4 Å². The summed E-state index contributed by atoms with van der Waals surface area (Å²) < 4.78 is 14.2. The van der Waals surface area contributed by atoms with Gasteiger partial charge in [-0.3, -0.25) is 0 Å². The monoisotopic (exact) mass is 263 g/mol. The van der Waals surface area contributed by atoms with Crippen molar-refractivity contribution in [3.63, 3.8) is 0 Å². The van der Waals surface area contributed by atoms with Gasteiger partial charge in [-0.15, -0.1) is 0 Å². The third-order valence-corrected chi connectivity index (χ3v) is 5.06. The van der Waals surface area contributed by atoms with E-state index >= 15 is 0 Å². The Balaban J connectivity index is 2.38. The minimum absolute atomic E-state index is 0.146.